The first-order chi connectivity index (χ1) is 14.5. The summed E-state index contributed by atoms with van der Waals surface area (Å²) >= 11 is 1.62. The Morgan fingerprint density at radius 3 is 2.77 bits per heavy atom. The fourth-order valence-electron chi connectivity index (χ4n) is 3.33. The van der Waals surface area contributed by atoms with E-state index in [1.165, 1.54) is 0 Å². The molecule has 4 heterocycles. The van der Waals surface area contributed by atoms with Crippen molar-refractivity contribution in [2.75, 3.05) is 11.9 Å². The molecule has 0 aliphatic rings. The van der Waals surface area contributed by atoms with Crippen LogP contribution >= 0.6 is 11.3 Å². The number of carbonyl (C=O) groups is 1. The van der Waals surface area contributed by atoms with Crippen LogP contribution in [0.2, 0.25) is 0 Å². The molecule has 4 aromatic rings. The zero-order valence-electron chi connectivity index (χ0n) is 17.6. The second-order valence-corrected chi connectivity index (χ2v) is 8.50. The predicted molar refractivity (Wildman–Crippen MR) is 120 cm³/mol. The highest BCUT2D eigenvalue weighted by atomic mass is 32.1. The minimum atomic E-state index is 0.304. The van der Waals surface area contributed by atoms with Crippen LogP contribution in [-0.2, 0) is 11.8 Å². The van der Waals surface area contributed by atoms with Gasteiger partial charge < -0.3 is 14.7 Å². The van der Waals surface area contributed by atoms with E-state index in [1.807, 2.05) is 34.8 Å². The molecule has 0 saturated heterocycles. The van der Waals surface area contributed by atoms with Gasteiger partial charge in [0.05, 0.1) is 10.3 Å². The number of anilines is 1. The number of aromatic nitrogens is 6. The number of nitrogens with zero attached hydrogens (tertiary/aromatic N) is 6. The average Bonchev–Trinajstić information content (AvgIpc) is 3.44. The van der Waals surface area contributed by atoms with E-state index < -0.39 is 0 Å². The van der Waals surface area contributed by atoms with E-state index in [0.29, 0.717) is 30.7 Å². The van der Waals surface area contributed by atoms with Crippen LogP contribution in [0.1, 0.15) is 38.3 Å². The molecule has 1 N–H and O–H groups in total. The maximum Gasteiger partial charge on any atom is 0.199 e. The van der Waals surface area contributed by atoms with Crippen molar-refractivity contribution in [3.8, 4) is 22.2 Å². The molecule has 0 atom stereocenters. The number of hydrogen-bond donors (Lipinski definition) is 1. The zero-order valence-corrected chi connectivity index (χ0v) is 18.4. The van der Waals surface area contributed by atoms with Crippen LogP contribution in [0.25, 0.3) is 32.4 Å². The monoisotopic (exact) mass is 423 g/mol. The normalized spacial score (nSPS) is 11.5. The van der Waals surface area contributed by atoms with Crippen molar-refractivity contribution in [3.63, 3.8) is 0 Å². The highest BCUT2D eigenvalue weighted by molar-refractivity contribution is 7.22. The molecule has 0 fully saturated rings. The first-order valence-electron chi connectivity index (χ1n) is 10.0. The molecule has 8 nitrogen and oxygen atoms in total. The Balaban J connectivity index is 1.83. The predicted octanol–water partition coefficient (Wildman–Crippen LogP) is 4.24. The second-order valence-electron chi connectivity index (χ2n) is 7.50. The molecule has 0 radical (unpaired) electrons. The molecule has 0 aliphatic heterocycles. The molecule has 0 saturated carbocycles. The largest absolute Gasteiger partial charge is 0.369 e. The van der Waals surface area contributed by atoms with Crippen molar-refractivity contribution in [1.82, 2.24) is 29.3 Å². The second kappa shape index (κ2) is 8.35. The van der Waals surface area contributed by atoms with Gasteiger partial charge in [0.15, 0.2) is 11.6 Å². The van der Waals surface area contributed by atoms with E-state index in [4.69, 9.17) is 15.1 Å². The van der Waals surface area contributed by atoms with Gasteiger partial charge in [-0.15, -0.1) is 11.3 Å². The van der Waals surface area contributed by atoms with Gasteiger partial charge in [-0.25, -0.2) is 15.0 Å². The first-order valence-corrected chi connectivity index (χ1v) is 10.8. The summed E-state index contributed by atoms with van der Waals surface area (Å²) in [6.45, 7) is 6.97. The van der Waals surface area contributed by atoms with Crippen molar-refractivity contribution in [1.29, 1.82) is 0 Å². The van der Waals surface area contributed by atoms with Crippen molar-refractivity contribution >= 4 is 33.7 Å². The Hall–Kier alpha value is -3.07. The van der Waals surface area contributed by atoms with Crippen LogP contribution in [0.5, 0.6) is 0 Å². The van der Waals surface area contributed by atoms with Gasteiger partial charge >= 0.3 is 0 Å². The van der Waals surface area contributed by atoms with Crippen LogP contribution in [-0.4, -0.2) is 42.1 Å². The van der Waals surface area contributed by atoms with E-state index >= 15 is 0 Å². The number of aldehydes is 1. The van der Waals surface area contributed by atoms with Gasteiger partial charge in [-0.05, 0) is 38.8 Å². The third kappa shape index (κ3) is 3.72. The van der Waals surface area contributed by atoms with Crippen molar-refractivity contribution in [2.45, 2.75) is 39.7 Å². The summed E-state index contributed by atoms with van der Waals surface area (Å²) in [5.74, 6) is 2.06. The number of unbranched alkanes of at least 4 members (excludes halogenated alkanes) is 1. The fraction of sp³-hybridized carbons (Fsp3) is 0.381. The Labute approximate surface area is 179 Å². The van der Waals surface area contributed by atoms with Gasteiger partial charge in [0.25, 0.3) is 0 Å². The number of thiophene rings is 1. The van der Waals surface area contributed by atoms with Crippen LogP contribution in [0, 0.1) is 6.92 Å². The molecule has 0 unspecified atom stereocenters. The number of nitrogens with one attached hydrogen (secondary N) is 1. The molecule has 9 heteroatoms. The lowest BCUT2D eigenvalue weighted by molar-refractivity contribution is -0.107. The quantitative estimate of drug-likeness (QED) is 0.337. The molecule has 0 amide bonds. The van der Waals surface area contributed by atoms with Gasteiger partial charge in [-0.1, -0.05) is 0 Å². The first kappa shape index (κ1) is 20.2. The molecule has 30 heavy (non-hydrogen) atoms. The van der Waals surface area contributed by atoms with Crippen molar-refractivity contribution in [2.24, 2.45) is 7.05 Å². The topological polar surface area (TPSA) is 90.5 Å². The highest BCUT2D eigenvalue weighted by Gasteiger charge is 2.20. The molecule has 4 rings (SSSR count). The lowest BCUT2D eigenvalue weighted by Crippen LogP contribution is -2.07. The zero-order chi connectivity index (χ0) is 21.3. The number of carbonyl (C=O) groups excluding carboxylic acids is 1. The van der Waals surface area contributed by atoms with E-state index in [9.17, 15) is 4.79 Å². The third-order valence-electron chi connectivity index (χ3n) is 4.97. The fourth-order valence-corrected chi connectivity index (χ4v) is 4.48. The summed E-state index contributed by atoms with van der Waals surface area (Å²) in [6, 6.07) is 2.35. The Morgan fingerprint density at radius 1 is 1.27 bits per heavy atom. The molecule has 0 bridgehead atoms. The van der Waals surface area contributed by atoms with E-state index in [1.54, 1.807) is 17.5 Å². The molecule has 0 aromatic carbocycles. The van der Waals surface area contributed by atoms with Gasteiger partial charge in [0.1, 0.15) is 22.6 Å². The summed E-state index contributed by atoms with van der Waals surface area (Å²) < 4.78 is 3.87. The third-order valence-corrected chi connectivity index (χ3v) is 6.18. The lowest BCUT2D eigenvalue weighted by Gasteiger charge is -2.09. The van der Waals surface area contributed by atoms with Crippen LogP contribution < -0.4 is 5.32 Å². The van der Waals surface area contributed by atoms with Crippen LogP contribution in [0.4, 0.5) is 5.82 Å². The smallest absolute Gasteiger partial charge is 0.199 e. The number of fused-ring (bicyclic) bond motifs is 1. The number of rotatable bonds is 8. The standard InChI is InChI=1S/C21H25N7OS/c1-13(2)28-10-7-15(26-28)17-14(3)16-18(22-8-5-6-12-29)24-19(25-21(16)30-17)20-23-9-11-27(20)4/h7,9-13H,5-6,8H2,1-4H3,(H,22,24,25). The van der Waals surface area contributed by atoms with Gasteiger partial charge in [-0.3, -0.25) is 4.68 Å². The SMILES string of the molecule is Cc1c(-c2ccn(C(C)C)n2)sc2nc(-c3nccn3C)nc(NCCCC=O)c12. The maximum atomic E-state index is 10.7. The summed E-state index contributed by atoms with van der Waals surface area (Å²) in [4.78, 5) is 26.7. The minimum absolute atomic E-state index is 0.304. The summed E-state index contributed by atoms with van der Waals surface area (Å²) in [6.07, 6.45) is 7.84. The van der Waals surface area contributed by atoms with Gasteiger partial charge in [-0.2, -0.15) is 5.10 Å². The molecule has 156 valence electrons. The van der Waals surface area contributed by atoms with Gasteiger partial charge in [0.2, 0.25) is 0 Å². The molecular formula is C21H25N7OS. The van der Waals surface area contributed by atoms with Crippen molar-refractivity contribution < 1.29 is 4.79 Å². The van der Waals surface area contributed by atoms with Crippen LogP contribution in [0.15, 0.2) is 24.7 Å². The van der Waals surface area contributed by atoms with E-state index in [-0.39, 0.29) is 0 Å². The molecular weight excluding hydrogens is 398 g/mol. The number of imidazole rings is 1. The number of hydrogen-bond acceptors (Lipinski definition) is 7. The summed E-state index contributed by atoms with van der Waals surface area (Å²) in [7, 11) is 1.93. The lowest BCUT2D eigenvalue weighted by atomic mass is 10.1. The molecule has 0 spiro atoms. The van der Waals surface area contributed by atoms with Gasteiger partial charge in [0, 0.05) is 44.6 Å². The van der Waals surface area contributed by atoms with Crippen LogP contribution in [0.3, 0.4) is 0 Å². The molecule has 0 aliphatic carbocycles. The Morgan fingerprint density at radius 2 is 2.10 bits per heavy atom. The van der Waals surface area contributed by atoms with E-state index in [0.717, 1.165) is 44.9 Å². The Bertz CT molecular complexity index is 1190. The van der Waals surface area contributed by atoms with E-state index in [2.05, 4.69) is 31.1 Å². The minimum Gasteiger partial charge on any atom is -0.369 e. The van der Waals surface area contributed by atoms with Crippen molar-refractivity contribution in [3.05, 3.63) is 30.2 Å². The molecule has 4 aromatic heterocycles. The maximum absolute atomic E-state index is 10.7. The summed E-state index contributed by atoms with van der Waals surface area (Å²) in [5, 5.41) is 9.15. The summed E-state index contributed by atoms with van der Waals surface area (Å²) in [5.41, 5.74) is 2.04. The Kier molecular flexibility index (Phi) is 5.63. The average molecular weight is 424 g/mol. The number of aryl methyl sites for hydroxylation is 2. The highest BCUT2D eigenvalue weighted by Crippen LogP contribution is 2.40.